The van der Waals surface area contributed by atoms with Gasteiger partial charge in [0.15, 0.2) is 0 Å². The fourth-order valence-electron chi connectivity index (χ4n) is 2.28. The van der Waals surface area contributed by atoms with E-state index in [-0.39, 0.29) is 11.3 Å². The summed E-state index contributed by atoms with van der Waals surface area (Å²) in [5.41, 5.74) is 7.47. The second-order valence-corrected chi connectivity index (χ2v) is 5.08. The number of para-hydroxylation sites is 1. The highest BCUT2D eigenvalue weighted by atomic mass is 16.2. The first-order valence-corrected chi connectivity index (χ1v) is 6.84. The standard InChI is InChI=1S/C18H12N2O3/c1-10(12-6-8-15(21)16(22)9-12)18(23)14-7-5-11-3-2-4-13(19)17(11)20-14/h2-9H,1,19H2. The SMILES string of the molecule is C=C(C(=O)c1ccc2cccc(N)c2n1)C1=CC(=O)C(=O)C=C1. The third-order valence-corrected chi connectivity index (χ3v) is 3.55. The normalized spacial score (nSPS) is 14.0. The number of aromatic nitrogens is 1. The summed E-state index contributed by atoms with van der Waals surface area (Å²) in [6, 6.07) is 8.68. The van der Waals surface area contributed by atoms with Crippen LogP contribution in [0.15, 0.2) is 66.3 Å². The van der Waals surface area contributed by atoms with Crippen molar-refractivity contribution in [1.29, 1.82) is 0 Å². The molecular formula is C18H12N2O3. The van der Waals surface area contributed by atoms with Crippen LogP contribution >= 0.6 is 0 Å². The molecule has 0 saturated carbocycles. The fraction of sp³-hybridized carbons (Fsp3) is 0. The van der Waals surface area contributed by atoms with Crippen molar-refractivity contribution in [3.05, 3.63) is 72.0 Å². The summed E-state index contributed by atoms with van der Waals surface area (Å²) in [5.74, 6) is -1.72. The molecule has 1 heterocycles. The molecule has 1 aliphatic carbocycles. The maximum atomic E-state index is 12.5. The maximum absolute atomic E-state index is 12.5. The molecule has 0 amide bonds. The van der Waals surface area contributed by atoms with Crippen molar-refractivity contribution < 1.29 is 14.4 Å². The first-order valence-electron chi connectivity index (χ1n) is 6.84. The van der Waals surface area contributed by atoms with Gasteiger partial charge in [-0.3, -0.25) is 14.4 Å². The molecular weight excluding hydrogens is 292 g/mol. The van der Waals surface area contributed by atoms with E-state index in [2.05, 4.69) is 11.6 Å². The summed E-state index contributed by atoms with van der Waals surface area (Å²) in [5, 5.41) is 0.824. The van der Waals surface area contributed by atoms with Crippen LogP contribution in [0.3, 0.4) is 0 Å². The number of nitrogens with zero attached hydrogens (tertiary/aromatic N) is 1. The van der Waals surface area contributed by atoms with Crippen LogP contribution in [-0.4, -0.2) is 22.3 Å². The minimum absolute atomic E-state index is 0.100. The van der Waals surface area contributed by atoms with Crippen LogP contribution in [0.2, 0.25) is 0 Å². The highest BCUT2D eigenvalue weighted by Gasteiger charge is 2.20. The third-order valence-electron chi connectivity index (χ3n) is 3.55. The number of anilines is 1. The van der Waals surface area contributed by atoms with Crippen molar-refractivity contribution in [2.45, 2.75) is 0 Å². The molecule has 23 heavy (non-hydrogen) atoms. The summed E-state index contributed by atoms with van der Waals surface area (Å²) >= 11 is 0. The summed E-state index contributed by atoms with van der Waals surface area (Å²) in [6.07, 6.45) is 3.64. The smallest absolute Gasteiger partial charge is 0.226 e. The van der Waals surface area contributed by atoms with Gasteiger partial charge >= 0.3 is 0 Å². The molecule has 1 aliphatic rings. The van der Waals surface area contributed by atoms with Gasteiger partial charge in [-0.2, -0.15) is 0 Å². The van der Waals surface area contributed by atoms with E-state index in [1.807, 2.05) is 6.07 Å². The third kappa shape index (κ3) is 2.60. The predicted octanol–water partition coefficient (Wildman–Crippen LogP) is 2.19. The van der Waals surface area contributed by atoms with Gasteiger partial charge in [0, 0.05) is 11.0 Å². The molecule has 0 radical (unpaired) electrons. The van der Waals surface area contributed by atoms with E-state index >= 15 is 0 Å². The number of ketones is 3. The second-order valence-electron chi connectivity index (χ2n) is 5.08. The highest BCUT2D eigenvalue weighted by molar-refractivity contribution is 6.47. The van der Waals surface area contributed by atoms with Crippen LogP contribution in [0.4, 0.5) is 5.69 Å². The summed E-state index contributed by atoms with van der Waals surface area (Å²) in [4.78, 5) is 39.4. The van der Waals surface area contributed by atoms with Gasteiger partial charge < -0.3 is 5.73 Å². The molecule has 1 aromatic heterocycles. The Kier molecular flexibility index (Phi) is 3.46. The maximum Gasteiger partial charge on any atom is 0.226 e. The van der Waals surface area contributed by atoms with Gasteiger partial charge in [0.1, 0.15) is 5.69 Å². The number of nitrogens with two attached hydrogens (primary N) is 1. The van der Waals surface area contributed by atoms with Crippen molar-refractivity contribution in [2.75, 3.05) is 5.73 Å². The van der Waals surface area contributed by atoms with Crippen LogP contribution in [0, 0.1) is 0 Å². The van der Waals surface area contributed by atoms with E-state index in [4.69, 9.17) is 5.73 Å². The number of pyridine rings is 1. The van der Waals surface area contributed by atoms with E-state index in [0.717, 1.165) is 17.5 Å². The number of Topliss-reactive ketones (excluding diaryl/α,β-unsaturated/α-hetero) is 1. The van der Waals surface area contributed by atoms with Crippen LogP contribution < -0.4 is 5.73 Å². The topological polar surface area (TPSA) is 90.1 Å². The Morgan fingerprint density at radius 3 is 2.57 bits per heavy atom. The highest BCUT2D eigenvalue weighted by Crippen LogP contribution is 2.22. The number of rotatable bonds is 3. The molecule has 3 rings (SSSR count). The lowest BCUT2D eigenvalue weighted by Gasteiger charge is -2.09. The number of benzene rings is 1. The first kappa shape index (κ1) is 14.6. The van der Waals surface area contributed by atoms with Crippen molar-refractivity contribution >= 4 is 33.9 Å². The molecule has 0 atom stereocenters. The Morgan fingerprint density at radius 2 is 1.83 bits per heavy atom. The average molecular weight is 304 g/mol. The molecule has 2 aromatic rings. The molecule has 2 N–H and O–H groups in total. The predicted molar refractivity (Wildman–Crippen MR) is 86.9 cm³/mol. The number of hydrogen-bond acceptors (Lipinski definition) is 5. The van der Waals surface area contributed by atoms with Crippen molar-refractivity contribution in [2.24, 2.45) is 0 Å². The Labute approximate surface area is 131 Å². The minimum Gasteiger partial charge on any atom is -0.397 e. The zero-order valence-electron chi connectivity index (χ0n) is 12.1. The summed E-state index contributed by atoms with van der Waals surface area (Å²) < 4.78 is 0. The van der Waals surface area contributed by atoms with Crippen molar-refractivity contribution in [3.63, 3.8) is 0 Å². The number of carbonyl (C=O) groups is 3. The number of allylic oxidation sites excluding steroid dienone is 5. The van der Waals surface area contributed by atoms with E-state index < -0.39 is 17.3 Å². The molecule has 0 saturated heterocycles. The Morgan fingerprint density at radius 1 is 1.04 bits per heavy atom. The van der Waals surface area contributed by atoms with Gasteiger partial charge in [0.2, 0.25) is 17.3 Å². The Balaban J connectivity index is 1.97. The van der Waals surface area contributed by atoms with E-state index in [0.29, 0.717) is 16.8 Å². The zero-order valence-corrected chi connectivity index (χ0v) is 12.1. The van der Waals surface area contributed by atoms with Crippen molar-refractivity contribution in [3.8, 4) is 0 Å². The summed E-state index contributed by atoms with van der Waals surface area (Å²) in [6.45, 7) is 3.71. The zero-order chi connectivity index (χ0) is 16.6. The molecule has 112 valence electrons. The lowest BCUT2D eigenvalue weighted by Crippen LogP contribution is -2.15. The van der Waals surface area contributed by atoms with Crippen molar-refractivity contribution in [1.82, 2.24) is 4.98 Å². The van der Waals surface area contributed by atoms with E-state index in [9.17, 15) is 14.4 Å². The van der Waals surface area contributed by atoms with Gasteiger partial charge in [-0.15, -0.1) is 0 Å². The van der Waals surface area contributed by atoms with Crippen LogP contribution in [0.25, 0.3) is 10.9 Å². The molecule has 0 bridgehead atoms. The number of hydrogen-bond donors (Lipinski definition) is 1. The largest absolute Gasteiger partial charge is 0.397 e. The number of fused-ring (bicyclic) bond motifs is 1. The lowest BCUT2D eigenvalue weighted by atomic mass is 9.95. The molecule has 1 aromatic carbocycles. The average Bonchev–Trinajstić information content (AvgIpc) is 2.56. The van der Waals surface area contributed by atoms with Crippen LogP contribution in [-0.2, 0) is 9.59 Å². The van der Waals surface area contributed by atoms with E-state index in [1.54, 1.807) is 24.3 Å². The van der Waals surface area contributed by atoms with Crippen LogP contribution in [0.5, 0.6) is 0 Å². The summed E-state index contributed by atoms with van der Waals surface area (Å²) in [7, 11) is 0. The monoisotopic (exact) mass is 304 g/mol. The Bertz CT molecular complexity index is 952. The van der Waals surface area contributed by atoms with Gasteiger partial charge in [-0.25, -0.2) is 4.98 Å². The van der Waals surface area contributed by atoms with Gasteiger partial charge in [-0.1, -0.05) is 30.9 Å². The lowest BCUT2D eigenvalue weighted by molar-refractivity contribution is -0.131. The van der Waals surface area contributed by atoms with E-state index in [1.165, 1.54) is 6.08 Å². The molecule has 0 spiro atoms. The quantitative estimate of drug-likeness (QED) is 0.308. The fourth-order valence-corrected chi connectivity index (χ4v) is 2.28. The molecule has 0 fully saturated rings. The first-order chi connectivity index (χ1) is 11.0. The number of carbonyl (C=O) groups excluding carboxylic acids is 3. The number of nitrogen functional groups attached to an aromatic ring is 1. The minimum atomic E-state index is -0.674. The molecule has 0 unspecified atom stereocenters. The molecule has 5 heteroatoms. The molecule has 0 aliphatic heterocycles. The van der Waals surface area contributed by atoms with Gasteiger partial charge in [-0.05, 0) is 29.9 Å². The van der Waals surface area contributed by atoms with Gasteiger partial charge in [0.25, 0.3) is 0 Å². The van der Waals surface area contributed by atoms with Crippen LogP contribution in [0.1, 0.15) is 10.5 Å². The Hall–Kier alpha value is -3.34. The van der Waals surface area contributed by atoms with Gasteiger partial charge in [0.05, 0.1) is 11.2 Å². The molecule has 5 nitrogen and oxygen atoms in total. The second kappa shape index (κ2) is 5.46.